The minimum atomic E-state index is -0.374. The Morgan fingerprint density at radius 1 is 1.67 bits per heavy atom. The zero-order valence-corrected chi connectivity index (χ0v) is 9.83. The van der Waals surface area contributed by atoms with Crippen molar-refractivity contribution < 1.29 is 9.90 Å². The van der Waals surface area contributed by atoms with Crippen LogP contribution in [0.15, 0.2) is 16.7 Å². The number of β-amino-alcohol motifs (C(OH)–C–C–N with tert-alkyl or cyclic N) is 1. The van der Waals surface area contributed by atoms with Crippen molar-refractivity contribution in [3.8, 4) is 0 Å². The van der Waals surface area contributed by atoms with Crippen LogP contribution in [-0.2, 0) is 0 Å². The minimum Gasteiger partial charge on any atom is -0.391 e. The zero-order chi connectivity index (χ0) is 10.8. The van der Waals surface area contributed by atoms with Crippen molar-refractivity contribution in [3.05, 3.63) is 22.4 Å². The molecule has 1 fully saturated rings. The van der Waals surface area contributed by atoms with Gasteiger partial charge in [0.1, 0.15) is 5.69 Å². The molecule has 0 aromatic carbocycles. The van der Waals surface area contributed by atoms with Gasteiger partial charge in [-0.25, -0.2) is 0 Å². The maximum Gasteiger partial charge on any atom is 0.270 e. The maximum absolute atomic E-state index is 11.9. The van der Waals surface area contributed by atoms with Crippen molar-refractivity contribution in [3.63, 3.8) is 0 Å². The van der Waals surface area contributed by atoms with Gasteiger partial charge < -0.3 is 15.0 Å². The van der Waals surface area contributed by atoms with E-state index in [1.165, 1.54) is 0 Å². The summed E-state index contributed by atoms with van der Waals surface area (Å²) < 4.78 is 0.864. The molecule has 2 rings (SSSR count). The topological polar surface area (TPSA) is 56.3 Å². The molecule has 0 aliphatic carbocycles. The highest BCUT2D eigenvalue weighted by molar-refractivity contribution is 9.10. The van der Waals surface area contributed by atoms with Crippen LogP contribution in [0.25, 0.3) is 0 Å². The number of carbonyl (C=O) groups excluding carboxylic acids is 1. The van der Waals surface area contributed by atoms with Crippen LogP contribution in [0, 0.1) is 0 Å². The summed E-state index contributed by atoms with van der Waals surface area (Å²) in [5, 5.41) is 9.47. The number of piperidine rings is 1. The van der Waals surface area contributed by atoms with E-state index in [0.29, 0.717) is 12.2 Å². The Bertz CT molecular complexity index is 364. The van der Waals surface area contributed by atoms with E-state index in [0.717, 1.165) is 23.9 Å². The SMILES string of the molecule is O=C(c1cc(Br)c[nH]1)N1CCC[C@H](O)C1. The fourth-order valence-corrected chi connectivity index (χ4v) is 2.14. The van der Waals surface area contributed by atoms with Crippen LogP contribution in [0.4, 0.5) is 0 Å². The highest BCUT2D eigenvalue weighted by Gasteiger charge is 2.23. The third-order valence-corrected chi connectivity index (χ3v) is 3.02. The molecule has 15 heavy (non-hydrogen) atoms. The zero-order valence-electron chi connectivity index (χ0n) is 8.24. The molecule has 1 aliphatic heterocycles. The molecule has 82 valence electrons. The molecule has 1 saturated heterocycles. The first-order valence-electron chi connectivity index (χ1n) is 4.98. The molecule has 0 unspecified atom stereocenters. The Morgan fingerprint density at radius 3 is 3.07 bits per heavy atom. The van der Waals surface area contributed by atoms with E-state index in [4.69, 9.17) is 0 Å². The molecule has 0 radical (unpaired) electrons. The Hall–Kier alpha value is -0.810. The molecule has 4 nitrogen and oxygen atoms in total. The average Bonchev–Trinajstić information content (AvgIpc) is 2.64. The maximum atomic E-state index is 11.9. The third-order valence-electron chi connectivity index (χ3n) is 2.56. The van der Waals surface area contributed by atoms with E-state index < -0.39 is 0 Å². The Balaban J connectivity index is 2.07. The van der Waals surface area contributed by atoms with E-state index in [1.54, 1.807) is 17.2 Å². The van der Waals surface area contributed by atoms with Gasteiger partial charge >= 0.3 is 0 Å². The molecule has 0 bridgehead atoms. The molecule has 2 N–H and O–H groups in total. The second-order valence-electron chi connectivity index (χ2n) is 3.78. The van der Waals surface area contributed by atoms with Crippen LogP contribution < -0.4 is 0 Å². The number of nitrogens with one attached hydrogen (secondary N) is 1. The molecule has 2 heterocycles. The van der Waals surface area contributed by atoms with Gasteiger partial charge in [-0.1, -0.05) is 0 Å². The smallest absolute Gasteiger partial charge is 0.270 e. The molecule has 1 aromatic rings. The quantitative estimate of drug-likeness (QED) is 0.812. The predicted molar refractivity (Wildman–Crippen MR) is 59.6 cm³/mol. The summed E-state index contributed by atoms with van der Waals surface area (Å²) in [4.78, 5) is 16.5. The number of rotatable bonds is 1. The molecule has 0 saturated carbocycles. The summed E-state index contributed by atoms with van der Waals surface area (Å²) >= 11 is 3.28. The van der Waals surface area contributed by atoms with Gasteiger partial charge in [0.15, 0.2) is 0 Å². The summed E-state index contributed by atoms with van der Waals surface area (Å²) in [6.07, 6.45) is 3.02. The fraction of sp³-hybridized carbons (Fsp3) is 0.500. The number of carbonyl (C=O) groups is 1. The lowest BCUT2D eigenvalue weighted by molar-refractivity contribution is 0.0469. The third kappa shape index (κ3) is 2.41. The largest absolute Gasteiger partial charge is 0.391 e. The van der Waals surface area contributed by atoms with Crippen molar-refractivity contribution in [1.29, 1.82) is 0 Å². The van der Waals surface area contributed by atoms with Crippen LogP contribution >= 0.6 is 15.9 Å². The number of hydrogen-bond acceptors (Lipinski definition) is 2. The number of aromatic amines is 1. The van der Waals surface area contributed by atoms with Crippen LogP contribution in [0.1, 0.15) is 23.3 Å². The summed E-state index contributed by atoms with van der Waals surface area (Å²) in [6.45, 7) is 1.17. The number of amides is 1. The lowest BCUT2D eigenvalue weighted by Gasteiger charge is -2.29. The molecule has 1 atom stereocenters. The summed E-state index contributed by atoms with van der Waals surface area (Å²) in [7, 11) is 0. The van der Waals surface area contributed by atoms with Crippen molar-refractivity contribution in [1.82, 2.24) is 9.88 Å². The Labute approximate surface area is 96.4 Å². The van der Waals surface area contributed by atoms with Crippen LogP contribution in [0.3, 0.4) is 0 Å². The first kappa shape index (κ1) is 10.7. The van der Waals surface area contributed by atoms with Gasteiger partial charge in [0.05, 0.1) is 6.10 Å². The summed E-state index contributed by atoms with van der Waals surface area (Å²) in [5.41, 5.74) is 0.566. The predicted octanol–water partition coefficient (Wildman–Crippen LogP) is 1.37. The minimum absolute atomic E-state index is 0.0422. The fourth-order valence-electron chi connectivity index (χ4n) is 1.80. The number of hydrogen-bond donors (Lipinski definition) is 2. The van der Waals surface area contributed by atoms with Gasteiger partial charge in [-0.05, 0) is 34.8 Å². The Kier molecular flexibility index (Phi) is 3.11. The monoisotopic (exact) mass is 272 g/mol. The molecule has 1 aromatic heterocycles. The van der Waals surface area contributed by atoms with Gasteiger partial charge in [0.2, 0.25) is 0 Å². The normalized spacial score (nSPS) is 21.7. The van der Waals surface area contributed by atoms with E-state index in [-0.39, 0.29) is 12.0 Å². The number of aromatic nitrogens is 1. The standard InChI is InChI=1S/C10H13BrN2O2/c11-7-4-9(12-5-7)10(15)13-3-1-2-8(14)6-13/h4-5,8,12,14H,1-3,6H2/t8-/m0/s1. The van der Waals surface area contributed by atoms with E-state index in [1.807, 2.05) is 0 Å². The van der Waals surface area contributed by atoms with Gasteiger partial charge in [-0.15, -0.1) is 0 Å². The summed E-state index contributed by atoms with van der Waals surface area (Å²) in [5.74, 6) is -0.0422. The Morgan fingerprint density at radius 2 is 2.47 bits per heavy atom. The van der Waals surface area contributed by atoms with Gasteiger partial charge in [0.25, 0.3) is 5.91 Å². The number of halogens is 1. The highest BCUT2D eigenvalue weighted by Crippen LogP contribution is 2.16. The second-order valence-corrected chi connectivity index (χ2v) is 4.69. The van der Waals surface area contributed by atoms with Crippen LogP contribution in [0.2, 0.25) is 0 Å². The number of H-pyrrole nitrogens is 1. The van der Waals surface area contributed by atoms with Crippen LogP contribution in [-0.4, -0.2) is 40.1 Å². The lowest BCUT2D eigenvalue weighted by Crippen LogP contribution is -2.42. The summed E-state index contributed by atoms with van der Waals surface area (Å²) in [6, 6.07) is 1.75. The molecular weight excluding hydrogens is 260 g/mol. The number of aliphatic hydroxyl groups excluding tert-OH is 1. The molecule has 1 amide bonds. The molecule has 5 heteroatoms. The van der Waals surface area contributed by atoms with Crippen LogP contribution in [0.5, 0.6) is 0 Å². The van der Waals surface area contributed by atoms with E-state index >= 15 is 0 Å². The highest BCUT2D eigenvalue weighted by atomic mass is 79.9. The number of nitrogens with zero attached hydrogens (tertiary/aromatic N) is 1. The molecular formula is C10H13BrN2O2. The first-order chi connectivity index (χ1) is 7.16. The van der Waals surface area contributed by atoms with Gasteiger partial charge in [-0.3, -0.25) is 4.79 Å². The van der Waals surface area contributed by atoms with E-state index in [9.17, 15) is 9.90 Å². The first-order valence-corrected chi connectivity index (χ1v) is 5.77. The number of aliphatic hydroxyl groups is 1. The van der Waals surface area contributed by atoms with Crippen molar-refractivity contribution >= 4 is 21.8 Å². The lowest BCUT2D eigenvalue weighted by atomic mass is 10.1. The second kappa shape index (κ2) is 4.37. The van der Waals surface area contributed by atoms with Gasteiger partial charge in [0, 0.05) is 23.8 Å². The van der Waals surface area contributed by atoms with Crippen molar-refractivity contribution in [2.75, 3.05) is 13.1 Å². The van der Waals surface area contributed by atoms with E-state index in [2.05, 4.69) is 20.9 Å². The molecule has 0 spiro atoms. The van der Waals surface area contributed by atoms with Gasteiger partial charge in [-0.2, -0.15) is 0 Å². The number of likely N-dealkylation sites (tertiary alicyclic amines) is 1. The van der Waals surface area contributed by atoms with Crippen molar-refractivity contribution in [2.45, 2.75) is 18.9 Å². The van der Waals surface area contributed by atoms with Crippen molar-refractivity contribution in [2.24, 2.45) is 0 Å². The molecule has 1 aliphatic rings. The average molecular weight is 273 g/mol.